The third kappa shape index (κ3) is 4.63. The third-order valence-electron chi connectivity index (χ3n) is 4.63. The fraction of sp³-hybridized carbons (Fsp3) is 0.333. The zero-order chi connectivity index (χ0) is 18.4. The molecular formula is C21H23NO4. The van der Waals surface area contributed by atoms with Crippen molar-refractivity contribution in [1.82, 2.24) is 0 Å². The van der Waals surface area contributed by atoms with E-state index in [9.17, 15) is 9.59 Å². The Morgan fingerprint density at radius 2 is 1.65 bits per heavy atom. The van der Waals surface area contributed by atoms with Crippen molar-refractivity contribution in [3.05, 3.63) is 59.7 Å². The normalized spacial score (nSPS) is 14.0. The summed E-state index contributed by atoms with van der Waals surface area (Å²) in [5, 5.41) is 2.84. The van der Waals surface area contributed by atoms with Gasteiger partial charge in [0, 0.05) is 11.3 Å². The van der Waals surface area contributed by atoms with Crippen molar-refractivity contribution in [3.63, 3.8) is 0 Å². The Balaban J connectivity index is 1.52. The van der Waals surface area contributed by atoms with Crippen molar-refractivity contribution in [2.75, 3.05) is 12.4 Å². The smallest absolute Gasteiger partial charge is 0.309 e. The van der Waals surface area contributed by atoms with Gasteiger partial charge in [0.2, 0.25) is 0 Å². The van der Waals surface area contributed by atoms with Crippen molar-refractivity contribution >= 4 is 17.6 Å². The standard InChI is InChI=1S/C21H23NO4/c1-25-19-12-10-18(11-13-19)22-20(23)16-8-6-15(7-9-16)14-26-21(24)17-4-2-3-5-17/h6-13,17H,2-5,14H2,1H3,(H,22,23). The molecule has 136 valence electrons. The molecule has 0 radical (unpaired) electrons. The van der Waals surface area contributed by atoms with E-state index in [4.69, 9.17) is 9.47 Å². The molecule has 2 aromatic rings. The molecule has 0 unspecified atom stereocenters. The van der Waals surface area contributed by atoms with E-state index in [1.807, 2.05) is 12.1 Å². The summed E-state index contributed by atoms with van der Waals surface area (Å²) in [6.45, 7) is 0.246. The van der Waals surface area contributed by atoms with E-state index in [2.05, 4.69) is 5.32 Å². The van der Waals surface area contributed by atoms with Crippen LogP contribution in [0.3, 0.4) is 0 Å². The molecule has 26 heavy (non-hydrogen) atoms. The Hall–Kier alpha value is -2.82. The predicted molar refractivity (Wildman–Crippen MR) is 99.1 cm³/mol. The average molecular weight is 353 g/mol. The van der Waals surface area contributed by atoms with Gasteiger partial charge in [-0.05, 0) is 54.8 Å². The fourth-order valence-electron chi connectivity index (χ4n) is 3.06. The maximum Gasteiger partial charge on any atom is 0.309 e. The van der Waals surface area contributed by atoms with Crippen molar-refractivity contribution in [1.29, 1.82) is 0 Å². The summed E-state index contributed by atoms with van der Waals surface area (Å²) >= 11 is 0. The van der Waals surface area contributed by atoms with Crippen molar-refractivity contribution in [3.8, 4) is 5.75 Å². The van der Waals surface area contributed by atoms with E-state index in [1.54, 1.807) is 43.5 Å². The number of ether oxygens (including phenoxy) is 2. The Morgan fingerprint density at radius 1 is 1.00 bits per heavy atom. The molecule has 1 aliphatic rings. The van der Waals surface area contributed by atoms with Crippen LogP contribution in [0.1, 0.15) is 41.6 Å². The lowest BCUT2D eigenvalue weighted by Crippen LogP contribution is -2.14. The van der Waals surface area contributed by atoms with Crippen LogP contribution >= 0.6 is 0 Å². The van der Waals surface area contributed by atoms with E-state index < -0.39 is 0 Å². The molecule has 1 saturated carbocycles. The SMILES string of the molecule is COc1ccc(NC(=O)c2ccc(COC(=O)C3CCCC3)cc2)cc1. The summed E-state index contributed by atoms with van der Waals surface area (Å²) in [4.78, 5) is 24.2. The largest absolute Gasteiger partial charge is 0.497 e. The van der Waals surface area contributed by atoms with Crippen LogP contribution in [0.4, 0.5) is 5.69 Å². The first kappa shape index (κ1) is 18.0. The highest BCUT2D eigenvalue weighted by molar-refractivity contribution is 6.04. The molecule has 0 bridgehead atoms. The number of nitrogens with one attached hydrogen (secondary N) is 1. The zero-order valence-corrected chi connectivity index (χ0v) is 14.9. The molecule has 1 aliphatic carbocycles. The lowest BCUT2D eigenvalue weighted by atomic mass is 10.1. The number of amides is 1. The van der Waals surface area contributed by atoms with Crippen molar-refractivity contribution in [2.45, 2.75) is 32.3 Å². The number of benzene rings is 2. The second kappa shape index (κ2) is 8.52. The molecular weight excluding hydrogens is 330 g/mol. The number of carbonyl (C=O) groups excluding carboxylic acids is 2. The molecule has 0 spiro atoms. The summed E-state index contributed by atoms with van der Waals surface area (Å²) in [6.07, 6.45) is 4.09. The first-order valence-electron chi connectivity index (χ1n) is 8.86. The van der Waals surface area contributed by atoms with Gasteiger partial charge in [-0.2, -0.15) is 0 Å². The molecule has 2 aromatic carbocycles. The van der Waals surface area contributed by atoms with E-state index in [1.165, 1.54) is 0 Å². The minimum Gasteiger partial charge on any atom is -0.497 e. The summed E-state index contributed by atoms with van der Waals surface area (Å²) < 4.78 is 10.5. The van der Waals surface area contributed by atoms with Crippen LogP contribution in [0.2, 0.25) is 0 Å². The third-order valence-corrected chi connectivity index (χ3v) is 4.63. The molecule has 3 rings (SSSR count). The van der Waals surface area contributed by atoms with Gasteiger partial charge in [0.05, 0.1) is 13.0 Å². The average Bonchev–Trinajstić information content (AvgIpc) is 3.22. The van der Waals surface area contributed by atoms with Crippen LogP contribution in [-0.2, 0) is 16.1 Å². The Bertz CT molecular complexity index is 747. The van der Waals surface area contributed by atoms with E-state index >= 15 is 0 Å². The monoisotopic (exact) mass is 353 g/mol. The quantitative estimate of drug-likeness (QED) is 0.791. The van der Waals surface area contributed by atoms with Gasteiger partial charge in [-0.15, -0.1) is 0 Å². The molecule has 0 aromatic heterocycles. The van der Waals surface area contributed by atoms with E-state index in [-0.39, 0.29) is 24.4 Å². The van der Waals surface area contributed by atoms with Gasteiger partial charge in [-0.3, -0.25) is 9.59 Å². The number of carbonyl (C=O) groups is 2. The molecule has 0 heterocycles. The first-order chi connectivity index (χ1) is 12.7. The minimum atomic E-state index is -0.190. The van der Waals surface area contributed by atoms with Gasteiger partial charge >= 0.3 is 5.97 Å². The Kier molecular flexibility index (Phi) is 5.89. The molecule has 0 aliphatic heterocycles. The highest BCUT2D eigenvalue weighted by atomic mass is 16.5. The molecule has 5 heteroatoms. The lowest BCUT2D eigenvalue weighted by Gasteiger charge is -2.10. The minimum absolute atomic E-state index is 0.0598. The summed E-state index contributed by atoms with van der Waals surface area (Å²) in [5.74, 6) is 0.498. The lowest BCUT2D eigenvalue weighted by molar-refractivity contribution is -0.149. The molecule has 5 nitrogen and oxygen atoms in total. The highest BCUT2D eigenvalue weighted by Gasteiger charge is 2.23. The zero-order valence-electron chi connectivity index (χ0n) is 14.9. The predicted octanol–water partition coefficient (Wildman–Crippen LogP) is 4.18. The molecule has 0 atom stereocenters. The number of hydrogen-bond donors (Lipinski definition) is 1. The van der Waals surface area contributed by atoms with Crippen LogP contribution in [-0.4, -0.2) is 19.0 Å². The fourth-order valence-corrected chi connectivity index (χ4v) is 3.06. The van der Waals surface area contributed by atoms with Crippen molar-refractivity contribution in [2.24, 2.45) is 5.92 Å². The Morgan fingerprint density at radius 3 is 2.27 bits per heavy atom. The number of methoxy groups -OCH3 is 1. The van der Waals surface area contributed by atoms with Gasteiger partial charge in [-0.1, -0.05) is 25.0 Å². The maximum absolute atomic E-state index is 12.3. The number of anilines is 1. The number of hydrogen-bond acceptors (Lipinski definition) is 4. The van der Waals surface area contributed by atoms with Gasteiger partial charge in [0.15, 0.2) is 0 Å². The van der Waals surface area contributed by atoms with Crippen molar-refractivity contribution < 1.29 is 19.1 Å². The summed E-state index contributed by atoms with van der Waals surface area (Å²) in [7, 11) is 1.60. The number of rotatable bonds is 6. The second-order valence-corrected chi connectivity index (χ2v) is 6.47. The summed E-state index contributed by atoms with van der Waals surface area (Å²) in [5.41, 5.74) is 2.12. The second-order valence-electron chi connectivity index (χ2n) is 6.47. The number of esters is 1. The Labute approximate surface area is 153 Å². The van der Waals surface area contributed by atoms with Crippen LogP contribution in [0.5, 0.6) is 5.75 Å². The van der Waals surface area contributed by atoms with Crippen LogP contribution in [0.15, 0.2) is 48.5 Å². The highest BCUT2D eigenvalue weighted by Crippen LogP contribution is 2.26. The maximum atomic E-state index is 12.3. The van der Waals surface area contributed by atoms with Gasteiger partial charge < -0.3 is 14.8 Å². The van der Waals surface area contributed by atoms with Crippen LogP contribution in [0.25, 0.3) is 0 Å². The van der Waals surface area contributed by atoms with Gasteiger partial charge in [-0.25, -0.2) is 0 Å². The van der Waals surface area contributed by atoms with E-state index in [0.717, 1.165) is 37.0 Å². The topological polar surface area (TPSA) is 64.6 Å². The first-order valence-corrected chi connectivity index (χ1v) is 8.86. The van der Waals surface area contributed by atoms with Crippen LogP contribution < -0.4 is 10.1 Å². The molecule has 1 amide bonds. The van der Waals surface area contributed by atoms with Gasteiger partial charge in [0.1, 0.15) is 12.4 Å². The molecule has 1 N–H and O–H groups in total. The summed E-state index contributed by atoms with van der Waals surface area (Å²) in [6, 6.07) is 14.2. The van der Waals surface area contributed by atoms with Gasteiger partial charge in [0.25, 0.3) is 5.91 Å². The van der Waals surface area contributed by atoms with Crippen LogP contribution in [0, 0.1) is 5.92 Å². The molecule has 1 fully saturated rings. The van der Waals surface area contributed by atoms with E-state index in [0.29, 0.717) is 11.3 Å². The molecule has 0 saturated heterocycles.